The first-order valence-corrected chi connectivity index (χ1v) is 4.96. The van der Waals surface area contributed by atoms with Crippen LogP contribution < -0.4 is 0 Å². The second-order valence-corrected chi connectivity index (χ2v) is 3.27. The van der Waals surface area contributed by atoms with Crippen LogP contribution in [-0.2, 0) is 0 Å². The molecule has 0 saturated carbocycles. The number of azo groups is 1. The first-order chi connectivity index (χ1) is 7.88. The van der Waals surface area contributed by atoms with Gasteiger partial charge in [0.15, 0.2) is 0 Å². The van der Waals surface area contributed by atoms with Crippen LogP contribution in [0.1, 0.15) is 5.56 Å². The largest absolute Gasteiger partial charge is 0.308 e. The third-order valence-electron chi connectivity index (χ3n) is 2.10. The fourth-order valence-electron chi connectivity index (χ4n) is 1.25. The van der Waals surface area contributed by atoms with E-state index in [-0.39, 0.29) is 0 Å². The molecule has 0 atom stereocenters. The van der Waals surface area contributed by atoms with Crippen LogP contribution >= 0.6 is 0 Å². The number of hydrogen-bond donors (Lipinski definition) is 1. The standard InChI is InChI=1S/C13H11N3/c14-10-11-6-8-13(9-7-11)16-15-12-4-2-1-3-5-12/h1-10,14H/b14-10?,16-15+. The molecule has 3 heteroatoms. The molecule has 2 aromatic rings. The van der Waals surface area contributed by atoms with E-state index in [1.165, 1.54) is 6.21 Å². The Morgan fingerprint density at radius 3 is 1.88 bits per heavy atom. The van der Waals surface area contributed by atoms with Crippen LogP contribution in [0.3, 0.4) is 0 Å². The Morgan fingerprint density at radius 2 is 1.31 bits per heavy atom. The maximum Gasteiger partial charge on any atom is 0.0857 e. The number of nitrogens with zero attached hydrogens (tertiary/aromatic N) is 2. The Bertz CT molecular complexity index is 486. The Morgan fingerprint density at radius 1 is 0.750 bits per heavy atom. The van der Waals surface area contributed by atoms with Crippen molar-refractivity contribution < 1.29 is 0 Å². The smallest absolute Gasteiger partial charge is 0.0857 e. The third kappa shape index (κ3) is 2.60. The zero-order valence-corrected chi connectivity index (χ0v) is 8.67. The summed E-state index contributed by atoms with van der Waals surface area (Å²) in [6, 6.07) is 16.9. The second-order valence-electron chi connectivity index (χ2n) is 3.27. The summed E-state index contributed by atoms with van der Waals surface area (Å²) in [4.78, 5) is 0. The van der Waals surface area contributed by atoms with E-state index in [1.54, 1.807) is 0 Å². The summed E-state index contributed by atoms with van der Waals surface area (Å²) in [6.45, 7) is 0. The Labute approximate surface area is 94.0 Å². The van der Waals surface area contributed by atoms with Gasteiger partial charge in [-0.3, -0.25) is 0 Å². The highest BCUT2D eigenvalue weighted by atomic mass is 15.1. The van der Waals surface area contributed by atoms with Gasteiger partial charge in [-0.2, -0.15) is 10.2 Å². The molecule has 2 rings (SSSR count). The average Bonchev–Trinajstić information content (AvgIpc) is 2.38. The van der Waals surface area contributed by atoms with E-state index >= 15 is 0 Å². The molecule has 2 aromatic carbocycles. The van der Waals surface area contributed by atoms with E-state index in [0.29, 0.717) is 0 Å². The molecule has 16 heavy (non-hydrogen) atoms. The quantitative estimate of drug-likeness (QED) is 0.584. The predicted molar refractivity (Wildman–Crippen MR) is 64.9 cm³/mol. The minimum Gasteiger partial charge on any atom is -0.308 e. The van der Waals surface area contributed by atoms with E-state index in [2.05, 4.69) is 10.2 Å². The van der Waals surface area contributed by atoms with Gasteiger partial charge in [0.1, 0.15) is 0 Å². The van der Waals surface area contributed by atoms with Crippen LogP contribution in [0.4, 0.5) is 11.4 Å². The number of nitrogens with one attached hydrogen (secondary N) is 1. The molecule has 0 unspecified atom stereocenters. The molecule has 0 amide bonds. The van der Waals surface area contributed by atoms with Gasteiger partial charge < -0.3 is 5.41 Å². The highest BCUT2D eigenvalue weighted by Gasteiger charge is 1.90. The minimum absolute atomic E-state index is 0.787. The molecule has 0 spiro atoms. The topological polar surface area (TPSA) is 48.6 Å². The molecule has 3 nitrogen and oxygen atoms in total. The first kappa shape index (κ1) is 10.2. The van der Waals surface area contributed by atoms with Crippen molar-refractivity contribution in [3.63, 3.8) is 0 Å². The minimum atomic E-state index is 0.787. The van der Waals surface area contributed by atoms with Gasteiger partial charge in [0.05, 0.1) is 11.4 Å². The van der Waals surface area contributed by atoms with Gasteiger partial charge in [-0.1, -0.05) is 30.3 Å². The highest BCUT2D eigenvalue weighted by Crippen LogP contribution is 2.17. The lowest BCUT2D eigenvalue weighted by molar-refractivity contribution is 1.23. The van der Waals surface area contributed by atoms with Crippen LogP contribution in [-0.4, -0.2) is 6.21 Å². The van der Waals surface area contributed by atoms with E-state index < -0.39 is 0 Å². The van der Waals surface area contributed by atoms with Crippen molar-refractivity contribution in [2.45, 2.75) is 0 Å². The van der Waals surface area contributed by atoms with Gasteiger partial charge in [0, 0.05) is 6.21 Å². The molecule has 0 aromatic heterocycles. The van der Waals surface area contributed by atoms with Crippen LogP contribution in [0.5, 0.6) is 0 Å². The molecule has 0 fully saturated rings. The molecule has 78 valence electrons. The second kappa shape index (κ2) is 4.98. The Balaban J connectivity index is 2.14. The monoisotopic (exact) mass is 209 g/mol. The van der Waals surface area contributed by atoms with Crippen molar-refractivity contribution in [3.05, 3.63) is 60.2 Å². The summed E-state index contributed by atoms with van der Waals surface area (Å²) in [7, 11) is 0. The van der Waals surface area contributed by atoms with Crippen molar-refractivity contribution in [2.24, 2.45) is 10.2 Å². The lowest BCUT2D eigenvalue weighted by Crippen LogP contribution is -1.75. The first-order valence-electron chi connectivity index (χ1n) is 4.96. The van der Waals surface area contributed by atoms with Gasteiger partial charge in [-0.05, 0) is 29.8 Å². The maximum absolute atomic E-state index is 7.07. The summed E-state index contributed by atoms with van der Waals surface area (Å²) < 4.78 is 0. The van der Waals surface area contributed by atoms with E-state index in [9.17, 15) is 0 Å². The van der Waals surface area contributed by atoms with Crippen molar-refractivity contribution in [1.29, 1.82) is 5.41 Å². The summed E-state index contributed by atoms with van der Waals surface area (Å²) in [6.07, 6.45) is 1.30. The summed E-state index contributed by atoms with van der Waals surface area (Å²) >= 11 is 0. The van der Waals surface area contributed by atoms with E-state index in [1.807, 2.05) is 54.6 Å². The average molecular weight is 209 g/mol. The maximum atomic E-state index is 7.07. The van der Waals surface area contributed by atoms with Crippen LogP contribution in [0, 0.1) is 5.41 Å². The molecule has 1 N–H and O–H groups in total. The van der Waals surface area contributed by atoms with Gasteiger partial charge in [-0.15, -0.1) is 0 Å². The Kier molecular flexibility index (Phi) is 3.18. The van der Waals surface area contributed by atoms with E-state index in [0.717, 1.165) is 16.9 Å². The zero-order chi connectivity index (χ0) is 11.2. The number of rotatable bonds is 3. The lowest BCUT2D eigenvalue weighted by atomic mass is 10.2. The number of benzene rings is 2. The summed E-state index contributed by atoms with van der Waals surface area (Å²) in [5.41, 5.74) is 2.48. The van der Waals surface area contributed by atoms with Gasteiger partial charge in [-0.25, -0.2) is 0 Å². The van der Waals surface area contributed by atoms with Gasteiger partial charge in [0.2, 0.25) is 0 Å². The molecule has 0 saturated heterocycles. The molecule has 0 aliphatic heterocycles. The van der Waals surface area contributed by atoms with Crippen molar-refractivity contribution >= 4 is 17.6 Å². The lowest BCUT2D eigenvalue weighted by Gasteiger charge is -1.94. The SMILES string of the molecule is N=Cc1ccc(/N=N/c2ccccc2)cc1. The zero-order valence-electron chi connectivity index (χ0n) is 8.67. The van der Waals surface area contributed by atoms with Crippen molar-refractivity contribution in [1.82, 2.24) is 0 Å². The van der Waals surface area contributed by atoms with Crippen LogP contribution in [0.2, 0.25) is 0 Å². The molecular formula is C13H11N3. The summed E-state index contributed by atoms with van der Waals surface area (Å²) in [5.74, 6) is 0. The fourth-order valence-corrected chi connectivity index (χ4v) is 1.25. The molecule has 0 radical (unpaired) electrons. The van der Waals surface area contributed by atoms with Crippen LogP contribution in [0.15, 0.2) is 64.8 Å². The van der Waals surface area contributed by atoms with Crippen LogP contribution in [0.25, 0.3) is 0 Å². The van der Waals surface area contributed by atoms with E-state index in [4.69, 9.17) is 5.41 Å². The Hall–Kier alpha value is -2.29. The normalized spacial score (nSPS) is 10.5. The third-order valence-corrected chi connectivity index (χ3v) is 2.10. The molecule has 0 bridgehead atoms. The van der Waals surface area contributed by atoms with Crippen molar-refractivity contribution in [3.8, 4) is 0 Å². The molecule has 0 aliphatic carbocycles. The van der Waals surface area contributed by atoms with Gasteiger partial charge in [0.25, 0.3) is 0 Å². The highest BCUT2D eigenvalue weighted by molar-refractivity contribution is 5.77. The molecule has 0 heterocycles. The van der Waals surface area contributed by atoms with Crippen molar-refractivity contribution in [2.75, 3.05) is 0 Å². The number of hydrogen-bond acceptors (Lipinski definition) is 3. The summed E-state index contributed by atoms with van der Waals surface area (Å²) in [5, 5.41) is 15.3. The molecule has 0 aliphatic rings. The molecular weight excluding hydrogens is 198 g/mol. The van der Waals surface area contributed by atoms with Gasteiger partial charge >= 0.3 is 0 Å². The predicted octanol–water partition coefficient (Wildman–Crippen LogP) is 4.10. The fraction of sp³-hybridized carbons (Fsp3) is 0.